The van der Waals surface area contributed by atoms with Crippen LogP contribution in [0.2, 0.25) is 0 Å². The first-order valence-electron chi connectivity index (χ1n) is 4.75. The minimum Gasteiger partial charge on any atom is -0.319 e. The maximum absolute atomic E-state index is 6.20. The zero-order valence-corrected chi connectivity index (χ0v) is 8.25. The number of hydrogen-bond acceptors (Lipinski definition) is 4. The molecule has 5 heteroatoms. The molecule has 0 saturated heterocycles. The first-order chi connectivity index (χ1) is 6.23. The topological polar surface area (TPSA) is 80.5 Å². The predicted molar refractivity (Wildman–Crippen MR) is 49.9 cm³/mol. The summed E-state index contributed by atoms with van der Waals surface area (Å²) in [5, 5.41) is 13.9. The summed E-state index contributed by atoms with van der Waals surface area (Å²) in [6.45, 7) is 4.22. The molecule has 0 bridgehead atoms. The maximum atomic E-state index is 6.20. The fourth-order valence-corrected chi connectivity index (χ4v) is 1.61. The van der Waals surface area contributed by atoms with Crippen molar-refractivity contribution >= 4 is 0 Å². The van der Waals surface area contributed by atoms with E-state index in [1.807, 2.05) is 0 Å². The summed E-state index contributed by atoms with van der Waals surface area (Å²) >= 11 is 0. The van der Waals surface area contributed by atoms with Gasteiger partial charge in [0.05, 0.1) is 5.54 Å². The number of rotatable bonds is 5. The Morgan fingerprint density at radius 3 is 2.31 bits per heavy atom. The van der Waals surface area contributed by atoms with Gasteiger partial charge in [0, 0.05) is 0 Å². The Balaban J connectivity index is 2.78. The van der Waals surface area contributed by atoms with E-state index in [1.54, 1.807) is 0 Å². The molecule has 5 nitrogen and oxygen atoms in total. The number of H-pyrrole nitrogens is 1. The van der Waals surface area contributed by atoms with Crippen LogP contribution in [0.5, 0.6) is 0 Å². The van der Waals surface area contributed by atoms with Crippen molar-refractivity contribution in [2.75, 3.05) is 0 Å². The van der Waals surface area contributed by atoms with Gasteiger partial charge in [0.15, 0.2) is 5.82 Å². The average molecular weight is 183 g/mol. The highest BCUT2D eigenvalue weighted by atomic mass is 15.5. The van der Waals surface area contributed by atoms with Crippen LogP contribution in [0.25, 0.3) is 0 Å². The number of tetrazole rings is 1. The second-order valence-corrected chi connectivity index (χ2v) is 3.39. The molecule has 1 aromatic rings. The SMILES string of the molecule is CCCC(N)(CCC)c1nn[nH]n1. The van der Waals surface area contributed by atoms with Crippen LogP contribution in [-0.4, -0.2) is 20.6 Å². The normalized spacial score (nSPS) is 11.9. The van der Waals surface area contributed by atoms with Crippen LogP contribution >= 0.6 is 0 Å². The molecule has 0 aliphatic rings. The van der Waals surface area contributed by atoms with Crippen LogP contribution in [0.3, 0.4) is 0 Å². The first kappa shape index (κ1) is 10.1. The van der Waals surface area contributed by atoms with Gasteiger partial charge in [0.1, 0.15) is 0 Å². The highest BCUT2D eigenvalue weighted by molar-refractivity contribution is 5.00. The van der Waals surface area contributed by atoms with Crippen LogP contribution in [0, 0.1) is 0 Å². The van der Waals surface area contributed by atoms with E-state index >= 15 is 0 Å². The molecule has 0 aliphatic heterocycles. The van der Waals surface area contributed by atoms with Crippen molar-refractivity contribution in [2.45, 2.75) is 45.1 Å². The van der Waals surface area contributed by atoms with Gasteiger partial charge in [-0.2, -0.15) is 5.21 Å². The molecule has 0 aliphatic carbocycles. The van der Waals surface area contributed by atoms with Gasteiger partial charge in [-0.05, 0) is 12.8 Å². The van der Waals surface area contributed by atoms with E-state index < -0.39 is 5.54 Å². The first-order valence-corrected chi connectivity index (χ1v) is 4.75. The number of nitrogens with two attached hydrogens (primary N) is 1. The minimum atomic E-state index is -0.392. The Morgan fingerprint density at radius 2 is 1.92 bits per heavy atom. The summed E-state index contributed by atoms with van der Waals surface area (Å²) in [4.78, 5) is 0. The lowest BCUT2D eigenvalue weighted by Crippen LogP contribution is -2.37. The molecule has 0 spiro atoms. The van der Waals surface area contributed by atoms with Crippen molar-refractivity contribution in [3.05, 3.63) is 5.82 Å². The molecule has 0 atom stereocenters. The molecule has 0 aromatic carbocycles. The zero-order valence-electron chi connectivity index (χ0n) is 8.25. The number of nitrogens with one attached hydrogen (secondary N) is 1. The largest absolute Gasteiger partial charge is 0.319 e. The lowest BCUT2D eigenvalue weighted by Gasteiger charge is -2.24. The summed E-state index contributed by atoms with van der Waals surface area (Å²) in [7, 11) is 0. The second-order valence-electron chi connectivity index (χ2n) is 3.39. The maximum Gasteiger partial charge on any atom is 0.194 e. The van der Waals surface area contributed by atoms with Gasteiger partial charge in [0.25, 0.3) is 0 Å². The van der Waals surface area contributed by atoms with Crippen molar-refractivity contribution in [3.8, 4) is 0 Å². The molecule has 13 heavy (non-hydrogen) atoms. The van der Waals surface area contributed by atoms with E-state index in [0.717, 1.165) is 25.7 Å². The summed E-state index contributed by atoms with van der Waals surface area (Å²) in [6.07, 6.45) is 3.87. The van der Waals surface area contributed by atoms with Crippen molar-refractivity contribution < 1.29 is 0 Å². The van der Waals surface area contributed by atoms with Gasteiger partial charge in [-0.1, -0.05) is 31.9 Å². The number of hydrogen-bond donors (Lipinski definition) is 2. The van der Waals surface area contributed by atoms with E-state index in [4.69, 9.17) is 5.73 Å². The van der Waals surface area contributed by atoms with Gasteiger partial charge in [-0.25, -0.2) is 0 Å². The molecule has 3 N–H and O–H groups in total. The van der Waals surface area contributed by atoms with Gasteiger partial charge in [-0.3, -0.25) is 0 Å². The van der Waals surface area contributed by atoms with Crippen molar-refractivity contribution in [1.29, 1.82) is 0 Å². The van der Waals surface area contributed by atoms with E-state index in [1.165, 1.54) is 0 Å². The van der Waals surface area contributed by atoms with Crippen LogP contribution in [0.15, 0.2) is 0 Å². The molecular weight excluding hydrogens is 166 g/mol. The fraction of sp³-hybridized carbons (Fsp3) is 0.875. The molecule has 0 fully saturated rings. The van der Waals surface area contributed by atoms with E-state index in [9.17, 15) is 0 Å². The Morgan fingerprint density at radius 1 is 1.31 bits per heavy atom. The van der Waals surface area contributed by atoms with Crippen LogP contribution in [-0.2, 0) is 5.54 Å². The molecule has 1 aromatic heterocycles. The molecule has 74 valence electrons. The summed E-state index contributed by atoms with van der Waals surface area (Å²) < 4.78 is 0. The number of aromatic amines is 1. The van der Waals surface area contributed by atoms with Crippen molar-refractivity contribution in [3.63, 3.8) is 0 Å². The summed E-state index contributed by atoms with van der Waals surface area (Å²) in [6, 6.07) is 0. The Hall–Kier alpha value is -0.970. The molecule has 0 amide bonds. The highest BCUT2D eigenvalue weighted by Crippen LogP contribution is 2.24. The molecule has 0 saturated carbocycles. The third-order valence-corrected chi connectivity index (χ3v) is 2.18. The molecule has 0 radical (unpaired) electrons. The summed E-state index contributed by atoms with van der Waals surface area (Å²) in [5.74, 6) is 0.635. The van der Waals surface area contributed by atoms with Gasteiger partial charge >= 0.3 is 0 Å². The van der Waals surface area contributed by atoms with Gasteiger partial charge in [-0.15, -0.1) is 10.2 Å². The van der Waals surface area contributed by atoms with Crippen LogP contribution < -0.4 is 5.73 Å². The van der Waals surface area contributed by atoms with Crippen LogP contribution in [0.4, 0.5) is 0 Å². The molecular formula is C8H17N5. The monoisotopic (exact) mass is 183 g/mol. The Bertz CT molecular complexity index is 225. The van der Waals surface area contributed by atoms with Crippen molar-refractivity contribution in [1.82, 2.24) is 20.6 Å². The van der Waals surface area contributed by atoms with Gasteiger partial charge in [0.2, 0.25) is 0 Å². The number of nitrogens with zero attached hydrogens (tertiary/aromatic N) is 3. The summed E-state index contributed by atoms with van der Waals surface area (Å²) in [5.41, 5.74) is 5.81. The average Bonchev–Trinajstić information content (AvgIpc) is 2.57. The predicted octanol–water partition coefficient (Wildman–Crippen LogP) is 0.954. The molecule has 0 unspecified atom stereocenters. The highest BCUT2D eigenvalue weighted by Gasteiger charge is 2.29. The lowest BCUT2D eigenvalue weighted by atomic mass is 9.89. The van der Waals surface area contributed by atoms with E-state index in [0.29, 0.717) is 5.82 Å². The van der Waals surface area contributed by atoms with E-state index in [-0.39, 0.29) is 0 Å². The standard InChI is InChI=1S/C8H17N5/c1-3-5-8(9,6-4-2)7-10-12-13-11-7/h3-6,9H2,1-2H3,(H,10,11,12,13). The quantitative estimate of drug-likeness (QED) is 0.712. The zero-order chi connectivity index (χ0) is 9.73. The molecule has 1 heterocycles. The van der Waals surface area contributed by atoms with Crippen LogP contribution in [0.1, 0.15) is 45.4 Å². The fourth-order valence-electron chi connectivity index (χ4n) is 1.61. The Kier molecular flexibility index (Phi) is 3.36. The van der Waals surface area contributed by atoms with Gasteiger partial charge < -0.3 is 5.73 Å². The van der Waals surface area contributed by atoms with Crippen molar-refractivity contribution in [2.24, 2.45) is 5.73 Å². The smallest absolute Gasteiger partial charge is 0.194 e. The minimum absolute atomic E-state index is 0.392. The molecule has 1 rings (SSSR count). The number of aromatic nitrogens is 4. The third-order valence-electron chi connectivity index (χ3n) is 2.18. The Labute approximate surface area is 78.1 Å². The second kappa shape index (κ2) is 4.32. The van der Waals surface area contributed by atoms with E-state index in [2.05, 4.69) is 34.5 Å². The lowest BCUT2D eigenvalue weighted by molar-refractivity contribution is 0.348. The third kappa shape index (κ3) is 2.24.